The predicted molar refractivity (Wildman–Crippen MR) is 59.7 cm³/mol. The molecule has 5 heteroatoms. The lowest BCUT2D eigenvalue weighted by atomic mass is 10.2. The fraction of sp³-hybridized carbons (Fsp3) is 0.273. The highest BCUT2D eigenvalue weighted by atomic mass is 15.1. The zero-order chi connectivity index (χ0) is 10.8. The Morgan fingerprint density at radius 3 is 2.62 bits per heavy atom. The highest BCUT2D eigenvalue weighted by Crippen LogP contribution is 2.24. The Hall–Kier alpha value is -2.04. The second-order valence-electron chi connectivity index (χ2n) is 3.83. The van der Waals surface area contributed by atoms with Crippen LogP contribution in [0.4, 0.5) is 5.82 Å². The topological polar surface area (TPSA) is 63.6 Å². The Morgan fingerprint density at radius 2 is 1.88 bits per heavy atom. The second kappa shape index (κ2) is 3.84. The molecule has 2 aromatic rings. The van der Waals surface area contributed by atoms with Crippen LogP contribution in [0.25, 0.3) is 11.3 Å². The molecule has 0 unspecified atom stereocenters. The van der Waals surface area contributed by atoms with Crippen LogP contribution in [0.1, 0.15) is 12.8 Å². The molecule has 16 heavy (non-hydrogen) atoms. The quantitative estimate of drug-likeness (QED) is 0.837. The van der Waals surface area contributed by atoms with E-state index in [1.54, 1.807) is 18.7 Å². The van der Waals surface area contributed by atoms with E-state index in [0.29, 0.717) is 6.04 Å². The van der Waals surface area contributed by atoms with Crippen molar-refractivity contribution in [1.82, 2.24) is 19.9 Å². The Kier molecular flexibility index (Phi) is 2.21. The molecule has 3 rings (SSSR count). The molecule has 0 bridgehead atoms. The van der Waals surface area contributed by atoms with E-state index < -0.39 is 0 Å². The van der Waals surface area contributed by atoms with Crippen molar-refractivity contribution in [1.29, 1.82) is 0 Å². The smallest absolute Gasteiger partial charge is 0.130 e. The lowest BCUT2D eigenvalue weighted by molar-refractivity contribution is 1.08. The molecule has 0 aromatic carbocycles. The van der Waals surface area contributed by atoms with Gasteiger partial charge in [0.2, 0.25) is 0 Å². The van der Waals surface area contributed by atoms with Crippen LogP contribution in [0.3, 0.4) is 0 Å². The lowest BCUT2D eigenvalue weighted by Crippen LogP contribution is -2.03. The summed E-state index contributed by atoms with van der Waals surface area (Å²) in [5, 5.41) is 3.33. The summed E-state index contributed by atoms with van der Waals surface area (Å²) in [5.74, 6) is 0.872. The number of anilines is 1. The van der Waals surface area contributed by atoms with Gasteiger partial charge in [-0.05, 0) is 12.8 Å². The maximum atomic E-state index is 4.21. The van der Waals surface area contributed by atoms with Gasteiger partial charge < -0.3 is 5.32 Å². The van der Waals surface area contributed by atoms with Crippen LogP contribution in [0.2, 0.25) is 0 Å². The van der Waals surface area contributed by atoms with Gasteiger partial charge in [0.1, 0.15) is 18.5 Å². The zero-order valence-corrected chi connectivity index (χ0v) is 8.67. The fourth-order valence-electron chi connectivity index (χ4n) is 1.46. The van der Waals surface area contributed by atoms with E-state index in [1.165, 1.54) is 19.2 Å². The van der Waals surface area contributed by atoms with Gasteiger partial charge in [0, 0.05) is 30.1 Å². The first-order valence-electron chi connectivity index (χ1n) is 5.26. The minimum absolute atomic E-state index is 0.592. The summed E-state index contributed by atoms with van der Waals surface area (Å²) in [6, 6.07) is 2.52. The van der Waals surface area contributed by atoms with E-state index in [9.17, 15) is 0 Å². The summed E-state index contributed by atoms with van der Waals surface area (Å²) in [5.41, 5.74) is 1.75. The molecule has 5 nitrogen and oxygen atoms in total. The molecule has 0 atom stereocenters. The highest BCUT2D eigenvalue weighted by molar-refractivity contribution is 5.60. The third-order valence-corrected chi connectivity index (χ3v) is 2.45. The monoisotopic (exact) mass is 213 g/mol. The van der Waals surface area contributed by atoms with Crippen LogP contribution >= 0.6 is 0 Å². The summed E-state index contributed by atoms with van der Waals surface area (Å²) in [6.07, 6.45) is 9.02. The molecular weight excluding hydrogens is 202 g/mol. The minimum Gasteiger partial charge on any atom is -0.367 e. The van der Waals surface area contributed by atoms with Crippen molar-refractivity contribution in [2.75, 3.05) is 5.32 Å². The van der Waals surface area contributed by atoms with Crippen molar-refractivity contribution >= 4 is 5.82 Å². The average Bonchev–Trinajstić information content (AvgIpc) is 3.15. The molecule has 2 aromatic heterocycles. The predicted octanol–water partition coefficient (Wildman–Crippen LogP) is 1.51. The molecule has 1 fully saturated rings. The van der Waals surface area contributed by atoms with Crippen molar-refractivity contribution in [2.24, 2.45) is 0 Å². The molecule has 0 radical (unpaired) electrons. The molecule has 0 spiro atoms. The number of nitrogens with zero attached hydrogens (tertiary/aromatic N) is 4. The number of nitrogens with one attached hydrogen (secondary N) is 1. The standard InChI is InChI=1S/C11H11N5/c1-2-9(1)16-11-3-10(14-7-15-11)8-4-12-6-13-5-8/h3-7,9H,1-2H2,(H,14,15,16). The molecular formula is C11H11N5. The average molecular weight is 213 g/mol. The van der Waals surface area contributed by atoms with Crippen LogP contribution in [0.5, 0.6) is 0 Å². The maximum absolute atomic E-state index is 4.21. The fourth-order valence-corrected chi connectivity index (χ4v) is 1.46. The first-order valence-corrected chi connectivity index (χ1v) is 5.26. The Balaban J connectivity index is 1.89. The molecule has 1 N–H and O–H groups in total. The first-order chi connectivity index (χ1) is 7.92. The van der Waals surface area contributed by atoms with E-state index >= 15 is 0 Å². The SMILES string of the molecule is c1ncc(-c2cc(NC3CC3)ncn2)cn1. The zero-order valence-electron chi connectivity index (χ0n) is 8.67. The van der Waals surface area contributed by atoms with Gasteiger partial charge in [-0.25, -0.2) is 19.9 Å². The number of rotatable bonds is 3. The third kappa shape index (κ3) is 1.98. The van der Waals surface area contributed by atoms with E-state index in [4.69, 9.17) is 0 Å². The molecule has 0 aliphatic heterocycles. The van der Waals surface area contributed by atoms with E-state index in [-0.39, 0.29) is 0 Å². The van der Waals surface area contributed by atoms with Crippen LogP contribution in [0.15, 0.2) is 31.1 Å². The normalized spacial score (nSPS) is 14.8. The summed E-state index contributed by atoms with van der Waals surface area (Å²) < 4.78 is 0. The van der Waals surface area contributed by atoms with E-state index in [1.807, 2.05) is 6.07 Å². The van der Waals surface area contributed by atoms with Crippen molar-refractivity contribution in [3.05, 3.63) is 31.1 Å². The van der Waals surface area contributed by atoms with Gasteiger partial charge in [-0.2, -0.15) is 0 Å². The van der Waals surface area contributed by atoms with E-state index in [2.05, 4.69) is 25.3 Å². The molecule has 1 aliphatic carbocycles. The number of hydrogen-bond donors (Lipinski definition) is 1. The van der Waals surface area contributed by atoms with Gasteiger partial charge in [0.25, 0.3) is 0 Å². The van der Waals surface area contributed by atoms with Gasteiger partial charge in [-0.1, -0.05) is 0 Å². The molecule has 1 saturated carbocycles. The Bertz CT molecular complexity index is 481. The second-order valence-corrected chi connectivity index (χ2v) is 3.83. The first kappa shape index (κ1) is 9.21. The molecule has 0 saturated heterocycles. The minimum atomic E-state index is 0.592. The van der Waals surface area contributed by atoms with Gasteiger partial charge in [-0.3, -0.25) is 0 Å². The van der Waals surface area contributed by atoms with Gasteiger partial charge in [0.05, 0.1) is 5.69 Å². The Morgan fingerprint density at radius 1 is 1.06 bits per heavy atom. The highest BCUT2D eigenvalue weighted by Gasteiger charge is 2.21. The van der Waals surface area contributed by atoms with Crippen LogP contribution in [-0.2, 0) is 0 Å². The van der Waals surface area contributed by atoms with Gasteiger partial charge >= 0.3 is 0 Å². The number of aromatic nitrogens is 4. The molecule has 2 heterocycles. The largest absolute Gasteiger partial charge is 0.367 e. The van der Waals surface area contributed by atoms with Crippen LogP contribution in [-0.4, -0.2) is 26.0 Å². The molecule has 1 aliphatic rings. The van der Waals surface area contributed by atoms with Crippen LogP contribution < -0.4 is 5.32 Å². The summed E-state index contributed by atoms with van der Waals surface area (Å²) in [4.78, 5) is 16.3. The molecule has 0 amide bonds. The van der Waals surface area contributed by atoms with E-state index in [0.717, 1.165) is 17.1 Å². The van der Waals surface area contributed by atoms with Crippen molar-refractivity contribution in [2.45, 2.75) is 18.9 Å². The van der Waals surface area contributed by atoms with Crippen LogP contribution in [0, 0.1) is 0 Å². The summed E-state index contributed by atoms with van der Waals surface area (Å²) >= 11 is 0. The van der Waals surface area contributed by atoms with Gasteiger partial charge in [0.15, 0.2) is 0 Å². The van der Waals surface area contributed by atoms with Crippen molar-refractivity contribution in [3.8, 4) is 11.3 Å². The van der Waals surface area contributed by atoms with Crippen molar-refractivity contribution in [3.63, 3.8) is 0 Å². The summed E-state index contributed by atoms with van der Waals surface area (Å²) in [7, 11) is 0. The van der Waals surface area contributed by atoms with Crippen molar-refractivity contribution < 1.29 is 0 Å². The third-order valence-electron chi connectivity index (χ3n) is 2.45. The summed E-state index contributed by atoms with van der Waals surface area (Å²) in [6.45, 7) is 0. The Labute approximate surface area is 93.0 Å². The molecule has 80 valence electrons. The maximum Gasteiger partial charge on any atom is 0.130 e. The van der Waals surface area contributed by atoms with Gasteiger partial charge in [-0.15, -0.1) is 0 Å². The number of hydrogen-bond acceptors (Lipinski definition) is 5. The lowest BCUT2D eigenvalue weighted by Gasteiger charge is -2.04.